The summed E-state index contributed by atoms with van der Waals surface area (Å²) in [6.07, 6.45) is 1.61. The number of nitrogens with zero attached hydrogens (tertiary/aromatic N) is 1. The zero-order chi connectivity index (χ0) is 15.5. The van der Waals surface area contributed by atoms with Gasteiger partial charge in [-0.1, -0.05) is 19.1 Å². The summed E-state index contributed by atoms with van der Waals surface area (Å²) in [4.78, 5) is -0.219. The van der Waals surface area contributed by atoms with E-state index in [2.05, 4.69) is 19.2 Å². The van der Waals surface area contributed by atoms with E-state index < -0.39 is 15.8 Å². The third-order valence-electron chi connectivity index (χ3n) is 4.19. The smallest absolute Gasteiger partial charge is 0.245 e. The first-order valence-corrected chi connectivity index (χ1v) is 8.89. The van der Waals surface area contributed by atoms with Crippen molar-refractivity contribution in [3.8, 4) is 0 Å². The summed E-state index contributed by atoms with van der Waals surface area (Å²) in [6, 6.07) is 5.95. The average Bonchev–Trinajstić information content (AvgIpc) is 2.48. The molecule has 1 aliphatic heterocycles. The summed E-state index contributed by atoms with van der Waals surface area (Å²) in [5, 5.41) is 3.38. The monoisotopic (exact) mass is 314 g/mol. The molecule has 1 fully saturated rings. The molecule has 21 heavy (non-hydrogen) atoms. The Morgan fingerprint density at radius 3 is 2.52 bits per heavy atom. The van der Waals surface area contributed by atoms with Crippen LogP contribution in [-0.2, 0) is 10.0 Å². The van der Waals surface area contributed by atoms with Crippen LogP contribution in [0.4, 0.5) is 4.39 Å². The molecule has 0 amide bonds. The summed E-state index contributed by atoms with van der Waals surface area (Å²) >= 11 is 0. The van der Waals surface area contributed by atoms with Crippen molar-refractivity contribution in [2.45, 2.75) is 37.6 Å². The summed E-state index contributed by atoms with van der Waals surface area (Å²) in [5.41, 5.74) is 0. The minimum absolute atomic E-state index is 0.219. The normalized spacial score (nSPS) is 19.6. The second kappa shape index (κ2) is 6.85. The molecule has 0 spiro atoms. The predicted molar refractivity (Wildman–Crippen MR) is 81.0 cm³/mol. The first-order chi connectivity index (χ1) is 9.96. The van der Waals surface area contributed by atoms with Crippen molar-refractivity contribution in [2.75, 3.05) is 19.6 Å². The van der Waals surface area contributed by atoms with Crippen molar-refractivity contribution in [3.63, 3.8) is 0 Å². The number of hydrogen-bond acceptors (Lipinski definition) is 3. The first kappa shape index (κ1) is 16.4. The Hall–Kier alpha value is -0.980. The first-order valence-electron chi connectivity index (χ1n) is 7.45. The molecule has 0 saturated carbocycles. The van der Waals surface area contributed by atoms with Gasteiger partial charge >= 0.3 is 0 Å². The Morgan fingerprint density at radius 1 is 1.33 bits per heavy atom. The van der Waals surface area contributed by atoms with Crippen LogP contribution in [0.1, 0.15) is 26.7 Å². The quantitative estimate of drug-likeness (QED) is 0.906. The number of hydrogen-bond donors (Lipinski definition) is 1. The fourth-order valence-electron chi connectivity index (χ4n) is 2.90. The Balaban J connectivity index is 2.06. The van der Waals surface area contributed by atoms with E-state index in [1.807, 2.05) is 0 Å². The highest BCUT2D eigenvalue weighted by Gasteiger charge is 2.32. The third-order valence-corrected chi connectivity index (χ3v) is 6.12. The van der Waals surface area contributed by atoms with Gasteiger partial charge in [-0.25, -0.2) is 12.8 Å². The van der Waals surface area contributed by atoms with Gasteiger partial charge in [0.15, 0.2) is 0 Å². The Kier molecular flexibility index (Phi) is 5.35. The minimum atomic E-state index is -3.72. The number of piperidine rings is 1. The summed E-state index contributed by atoms with van der Waals surface area (Å²) in [7, 11) is -3.72. The van der Waals surface area contributed by atoms with E-state index in [0.29, 0.717) is 25.0 Å². The van der Waals surface area contributed by atoms with Crippen LogP contribution in [0, 0.1) is 11.7 Å². The molecule has 1 saturated heterocycles. The van der Waals surface area contributed by atoms with Crippen molar-refractivity contribution < 1.29 is 12.8 Å². The van der Waals surface area contributed by atoms with Gasteiger partial charge in [-0.15, -0.1) is 0 Å². The molecule has 1 atom stereocenters. The van der Waals surface area contributed by atoms with Gasteiger partial charge in [-0.05, 0) is 44.4 Å². The van der Waals surface area contributed by atoms with Gasteiger partial charge < -0.3 is 5.32 Å². The van der Waals surface area contributed by atoms with E-state index in [1.54, 1.807) is 6.07 Å². The number of rotatable bonds is 5. The number of sulfonamides is 1. The molecule has 1 N–H and O–H groups in total. The lowest BCUT2D eigenvalue weighted by Gasteiger charge is -2.34. The molecule has 0 bridgehead atoms. The molecule has 1 unspecified atom stereocenters. The van der Waals surface area contributed by atoms with E-state index in [4.69, 9.17) is 0 Å². The average molecular weight is 314 g/mol. The molecule has 2 rings (SSSR count). The Labute approximate surface area is 126 Å². The standard InChI is InChI=1S/C15H23FN2O2S/c1-3-17-12(2)13-8-10-18(11-9-13)21(19,20)15-7-5-4-6-14(15)16/h4-7,12-13,17H,3,8-11H2,1-2H3. The highest BCUT2D eigenvalue weighted by Crippen LogP contribution is 2.26. The van der Waals surface area contributed by atoms with Crippen LogP contribution in [-0.4, -0.2) is 38.4 Å². The maximum atomic E-state index is 13.7. The topological polar surface area (TPSA) is 49.4 Å². The zero-order valence-electron chi connectivity index (χ0n) is 12.5. The predicted octanol–water partition coefficient (Wildman–Crippen LogP) is 2.22. The number of nitrogens with one attached hydrogen (secondary N) is 1. The van der Waals surface area contributed by atoms with Crippen molar-refractivity contribution in [1.82, 2.24) is 9.62 Å². The van der Waals surface area contributed by atoms with E-state index in [9.17, 15) is 12.8 Å². The largest absolute Gasteiger partial charge is 0.314 e. The van der Waals surface area contributed by atoms with E-state index in [1.165, 1.54) is 22.5 Å². The fraction of sp³-hybridized carbons (Fsp3) is 0.600. The van der Waals surface area contributed by atoms with Crippen molar-refractivity contribution >= 4 is 10.0 Å². The molecule has 1 aromatic carbocycles. The molecule has 4 nitrogen and oxygen atoms in total. The van der Waals surface area contributed by atoms with E-state index in [-0.39, 0.29) is 4.90 Å². The summed E-state index contributed by atoms with van der Waals surface area (Å²) < 4.78 is 40.1. The molecule has 0 aliphatic carbocycles. The second-order valence-electron chi connectivity index (χ2n) is 5.52. The zero-order valence-corrected chi connectivity index (χ0v) is 13.4. The Morgan fingerprint density at radius 2 is 1.95 bits per heavy atom. The maximum absolute atomic E-state index is 13.7. The second-order valence-corrected chi connectivity index (χ2v) is 7.42. The molecule has 6 heteroatoms. The van der Waals surface area contributed by atoms with Crippen LogP contribution in [0.15, 0.2) is 29.2 Å². The SMILES string of the molecule is CCNC(C)C1CCN(S(=O)(=O)c2ccccc2F)CC1. The molecule has 0 radical (unpaired) electrons. The maximum Gasteiger partial charge on any atom is 0.245 e. The van der Waals surface area contributed by atoms with Gasteiger partial charge in [-0.2, -0.15) is 4.31 Å². The third kappa shape index (κ3) is 3.62. The van der Waals surface area contributed by atoms with Gasteiger partial charge in [0, 0.05) is 19.1 Å². The van der Waals surface area contributed by atoms with Crippen molar-refractivity contribution in [2.24, 2.45) is 5.92 Å². The number of benzene rings is 1. The highest BCUT2D eigenvalue weighted by atomic mass is 32.2. The van der Waals surface area contributed by atoms with Gasteiger partial charge in [0.1, 0.15) is 10.7 Å². The van der Waals surface area contributed by atoms with Crippen LogP contribution < -0.4 is 5.32 Å². The van der Waals surface area contributed by atoms with Crippen molar-refractivity contribution in [1.29, 1.82) is 0 Å². The lowest BCUT2D eigenvalue weighted by Crippen LogP contribution is -2.44. The molecule has 1 heterocycles. The molecule has 0 aromatic heterocycles. The van der Waals surface area contributed by atoms with Crippen LogP contribution in [0.5, 0.6) is 0 Å². The van der Waals surface area contributed by atoms with E-state index >= 15 is 0 Å². The van der Waals surface area contributed by atoms with Crippen LogP contribution in [0.2, 0.25) is 0 Å². The fourth-order valence-corrected chi connectivity index (χ4v) is 4.43. The number of halogens is 1. The molecule has 1 aromatic rings. The minimum Gasteiger partial charge on any atom is -0.314 e. The molecular formula is C15H23FN2O2S. The highest BCUT2D eigenvalue weighted by molar-refractivity contribution is 7.89. The van der Waals surface area contributed by atoms with Gasteiger partial charge in [0.2, 0.25) is 10.0 Å². The lowest BCUT2D eigenvalue weighted by atomic mass is 9.91. The lowest BCUT2D eigenvalue weighted by molar-refractivity contribution is 0.232. The Bertz CT molecular complexity index is 569. The molecule has 118 valence electrons. The summed E-state index contributed by atoms with van der Waals surface area (Å²) in [5.74, 6) is -0.210. The van der Waals surface area contributed by atoms with E-state index in [0.717, 1.165) is 19.4 Å². The van der Waals surface area contributed by atoms with Gasteiger partial charge in [-0.3, -0.25) is 0 Å². The molecule has 1 aliphatic rings. The van der Waals surface area contributed by atoms with Crippen LogP contribution in [0.3, 0.4) is 0 Å². The van der Waals surface area contributed by atoms with Crippen LogP contribution >= 0.6 is 0 Å². The summed E-state index contributed by atoms with van der Waals surface area (Å²) in [6.45, 7) is 6.02. The van der Waals surface area contributed by atoms with Crippen LogP contribution in [0.25, 0.3) is 0 Å². The van der Waals surface area contributed by atoms with Gasteiger partial charge in [0.05, 0.1) is 0 Å². The van der Waals surface area contributed by atoms with Crippen molar-refractivity contribution in [3.05, 3.63) is 30.1 Å². The van der Waals surface area contributed by atoms with Gasteiger partial charge in [0.25, 0.3) is 0 Å². The molecular weight excluding hydrogens is 291 g/mol.